The molecule has 0 saturated carbocycles. The fourth-order valence-corrected chi connectivity index (χ4v) is 4.35. The lowest BCUT2D eigenvalue weighted by atomic mass is 9.96. The van der Waals surface area contributed by atoms with Crippen molar-refractivity contribution in [3.05, 3.63) is 54.6 Å². The molecule has 2 amide bonds. The van der Waals surface area contributed by atoms with Crippen molar-refractivity contribution in [1.82, 2.24) is 4.90 Å². The summed E-state index contributed by atoms with van der Waals surface area (Å²) in [6, 6.07) is 17.6. The molecule has 2 aromatic rings. The molecular weight excluding hydrogens is 390 g/mol. The lowest BCUT2D eigenvalue weighted by molar-refractivity contribution is -0.135. The fraction of sp³-hybridized carbons (Fsp3) is 0.440. The van der Waals surface area contributed by atoms with Crippen LogP contribution >= 0.6 is 0 Å². The Bertz CT molecular complexity index is 881. The molecule has 1 N–H and O–H groups in total. The monoisotopic (exact) mass is 421 g/mol. The second-order valence-corrected chi connectivity index (χ2v) is 8.32. The molecule has 2 saturated heterocycles. The van der Waals surface area contributed by atoms with Gasteiger partial charge in [-0.05, 0) is 56.0 Å². The highest BCUT2D eigenvalue weighted by Gasteiger charge is 2.28. The van der Waals surface area contributed by atoms with Gasteiger partial charge in [0.2, 0.25) is 11.8 Å². The van der Waals surface area contributed by atoms with E-state index in [9.17, 15) is 9.59 Å². The Labute approximate surface area is 184 Å². The third-order valence-electron chi connectivity index (χ3n) is 6.06. The van der Waals surface area contributed by atoms with E-state index in [-0.39, 0.29) is 17.7 Å². The Morgan fingerprint density at radius 3 is 2.58 bits per heavy atom. The van der Waals surface area contributed by atoms with Crippen molar-refractivity contribution in [2.45, 2.75) is 32.1 Å². The van der Waals surface area contributed by atoms with Crippen molar-refractivity contribution < 1.29 is 14.3 Å². The summed E-state index contributed by atoms with van der Waals surface area (Å²) in [5.74, 6) is 0.631. The molecule has 2 fully saturated rings. The summed E-state index contributed by atoms with van der Waals surface area (Å²) in [5, 5.41) is 3.07. The first kappa shape index (κ1) is 21.2. The lowest BCUT2D eigenvalue weighted by Crippen LogP contribution is -2.44. The number of hydrogen-bond donors (Lipinski definition) is 1. The second-order valence-electron chi connectivity index (χ2n) is 8.32. The molecule has 4 rings (SSSR count). The summed E-state index contributed by atoms with van der Waals surface area (Å²) < 4.78 is 5.64. The number of amides is 2. The zero-order chi connectivity index (χ0) is 21.5. The largest absolute Gasteiger partial charge is 0.493 e. The molecule has 0 radical (unpaired) electrons. The van der Waals surface area contributed by atoms with Crippen LogP contribution in [0.3, 0.4) is 0 Å². The molecule has 0 bridgehead atoms. The summed E-state index contributed by atoms with van der Waals surface area (Å²) in [6.07, 6.45) is 4.41. The minimum absolute atomic E-state index is 0.00314. The molecule has 2 heterocycles. The highest BCUT2D eigenvalue weighted by atomic mass is 16.5. The van der Waals surface area contributed by atoms with Gasteiger partial charge in [0.25, 0.3) is 0 Å². The first-order valence-corrected chi connectivity index (χ1v) is 11.3. The number of rotatable bonds is 7. The SMILES string of the molecule is O=C(Nc1cccc(N2CCCC2)c1)C1CCCN(C(=O)CCOc2ccccc2)C1. The Morgan fingerprint density at radius 2 is 1.77 bits per heavy atom. The topological polar surface area (TPSA) is 61.9 Å². The zero-order valence-electron chi connectivity index (χ0n) is 18.0. The van der Waals surface area contributed by atoms with Gasteiger partial charge >= 0.3 is 0 Å². The van der Waals surface area contributed by atoms with Crippen molar-refractivity contribution in [2.24, 2.45) is 5.92 Å². The minimum atomic E-state index is -0.178. The molecule has 2 aliphatic heterocycles. The number of anilines is 2. The Hall–Kier alpha value is -3.02. The van der Waals surface area contributed by atoms with Crippen LogP contribution < -0.4 is 15.0 Å². The maximum absolute atomic E-state index is 12.9. The van der Waals surface area contributed by atoms with Crippen molar-refractivity contribution in [3.63, 3.8) is 0 Å². The fourth-order valence-electron chi connectivity index (χ4n) is 4.35. The molecule has 2 aromatic carbocycles. The second kappa shape index (κ2) is 10.3. The van der Waals surface area contributed by atoms with Gasteiger partial charge in [-0.2, -0.15) is 0 Å². The van der Waals surface area contributed by atoms with Gasteiger partial charge in [0.1, 0.15) is 5.75 Å². The number of nitrogens with one attached hydrogen (secondary N) is 1. The van der Waals surface area contributed by atoms with E-state index in [2.05, 4.69) is 22.3 Å². The van der Waals surface area contributed by atoms with Gasteiger partial charge in [0.15, 0.2) is 0 Å². The third-order valence-corrected chi connectivity index (χ3v) is 6.06. The predicted octanol–water partition coefficient (Wildman–Crippen LogP) is 3.93. The van der Waals surface area contributed by atoms with Crippen LogP contribution in [0.2, 0.25) is 0 Å². The first-order valence-electron chi connectivity index (χ1n) is 11.3. The van der Waals surface area contributed by atoms with E-state index < -0.39 is 0 Å². The number of benzene rings is 2. The lowest BCUT2D eigenvalue weighted by Gasteiger charge is -2.32. The van der Waals surface area contributed by atoms with Crippen molar-refractivity contribution in [3.8, 4) is 5.75 Å². The van der Waals surface area contributed by atoms with E-state index in [1.807, 2.05) is 47.4 Å². The minimum Gasteiger partial charge on any atom is -0.493 e. The van der Waals surface area contributed by atoms with E-state index >= 15 is 0 Å². The van der Waals surface area contributed by atoms with Crippen LogP contribution in [-0.2, 0) is 9.59 Å². The molecule has 1 unspecified atom stereocenters. The summed E-state index contributed by atoms with van der Waals surface area (Å²) in [7, 11) is 0. The molecule has 0 spiro atoms. The van der Waals surface area contributed by atoms with Crippen LogP contribution in [0.1, 0.15) is 32.1 Å². The van der Waals surface area contributed by atoms with Crippen molar-refractivity contribution >= 4 is 23.2 Å². The van der Waals surface area contributed by atoms with Crippen LogP contribution in [-0.4, -0.2) is 49.5 Å². The summed E-state index contributed by atoms with van der Waals surface area (Å²) in [5.41, 5.74) is 1.99. The number of hydrogen-bond acceptors (Lipinski definition) is 4. The van der Waals surface area contributed by atoms with E-state index in [1.165, 1.54) is 12.8 Å². The van der Waals surface area contributed by atoms with Gasteiger partial charge in [-0.1, -0.05) is 24.3 Å². The predicted molar refractivity (Wildman–Crippen MR) is 122 cm³/mol. The van der Waals surface area contributed by atoms with Gasteiger partial charge in [-0.3, -0.25) is 9.59 Å². The normalized spacial score (nSPS) is 18.6. The number of para-hydroxylation sites is 1. The van der Waals surface area contributed by atoms with Crippen LogP contribution in [0, 0.1) is 5.92 Å². The standard InChI is InChI=1S/C25H31N3O3/c29-24(13-17-31-23-11-2-1-3-12-23)28-16-7-8-20(19-28)25(30)26-21-9-6-10-22(18-21)27-14-4-5-15-27/h1-3,6,9-12,18,20H,4-5,7-8,13-17,19H2,(H,26,30). The van der Waals surface area contributed by atoms with Crippen LogP contribution in [0.4, 0.5) is 11.4 Å². The highest BCUT2D eigenvalue weighted by molar-refractivity contribution is 5.93. The third kappa shape index (κ3) is 5.78. The maximum atomic E-state index is 12.9. The molecule has 0 aromatic heterocycles. The van der Waals surface area contributed by atoms with Gasteiger partial charge in [0, 0.05) is 37.6 Å². The molecule has 31 heavy (non-hydrogen) atoms. The number of ether oxygens (including phenoxy) is 1. The Kier molecular flexibility index (Phi) is 7.07. The van der Waals surface area contributed by atoms with Gasteiger partial charge < -0.3 is 19.9 Å². The van der Waals surface area contributed by atoms with Crippen LogP contribution in [0.25, 0.3) is 0 Å². The quantitative estimate of drug-likeness (QED) is 0.736. The molecular formula is C25H31N3O3. The van der Waals surface area contributed by atoms with E-state index in [0.717, 1.165) is 43.1 Å². The van der Waals surface area contributed by atoms with Gasteiger partial charge in [-0.25, -0.2) is 0 Å². The van der Waals surface area contributed by atoms with Gasteiger partial charge in [0.05, 0.1) is 18.9 Å². The van der Waals surface area contributed by atoms with Crippen LogP contribution in [0.5, 0.6) is 5.75 Å². The Balaban J connectivity index is 1.27. The van der Waals surface area contributed by atoms with E-state index in [4.69, 9.17) is 4.74 Å². The first-order chi connectivity index (χ1) is 15.2. The summed E-state index contributed by atoms with van der Waals surface area (Å²) >= 11 is 0. The number of carbonyl (C=O) groups excluding carboxylic acids is 2. The van der Waals surface area contributed by atoms with E-state index in [1.54, 1.807) is 0 Å². The maximum Gasteiger partial charge on any atom is 0.229 e. The molecule has 6 heteroatoms. The highest BCUT2D eigenvalue weighted by Crippen LogP contribution is 2.25. The zero-order valence-corrected chi connectivity index (χ0v) is 18.0. The molecule has 1 atom stereocenters. The number of carbonyl (C=O) groups is 2. The molecule has 164 valence electrons. The average Bonchev–Trinajstić information content (AvgIpc) is 3.35. The number of likely N-dealkylation sites (tertiary alicyclic amines) is 1. The van der Waals surface area contributed by atoms with Crippen molar-refractivity contribution in [1.29, 1.82) is 0 Å². The number of nitrogens with zero attached hydrogens (tertiary/aromatic N) is 2. The molecule has 2 aliphatic rings. The average molecular weight is 422 g/mol. The summed E-state index contributed by atoms with van der Waals surface area (Å²) in [4.78, 5) is 29.7. The summed E-state index contributed by atoms with van der Waals surface area (Å²) in [6.45, 7) is 3.68. The van der Waals surface area contributed by atoms with E-state index in [0.29, 0.717) is 26.1 Å². The molecule has 6 nitrogen and oxygen atoms in total. The number of piperidine rings is 1. The smallest absolute Gasteiger partial charge is 0.229 e. The van der Waals surface area contributed by atoms with Crippen LogP contribution in [0.15, 0.2) is 54.6 Å². The van der Waals surface area contributed by atoms with Crippen molar-refractivity contribution in [2.75, 3.05) is 43.0 Å². The Morgan fingerprint density at radius 1 is 0.968 bits per heavy atom. The molecule has 0 aliphatic carbocycles. The van der Waals surface area contributed by atoms with Gasteiger partial charge in [-0.15, -0.1) is 0 Å².